The van der Waals surface area contributed by atoms with Gasteiger partial charge < -0.3 is 10.0 Å². The van der Waals surface area contributed by atoms with Crippen molar-refractivity contribution in [3.05, 3.63) is 0 Å². The average Bonchev–Trinajstić information content (AvgIpc) is 2.06. The van der Waals surface area contributed by atoms with Crippen LogP contribution < -0.4 is 0 Å². The van der Waals surface area contributed by atoms with E-state index >= 15 is 0 Å². The highest BCUT2D eigenvalue weighted by Crippen LogP contribution is 2.29. The third-order valence-electron chi connectivity index (χ3n) is 2.58. The van der Waals surface area contributed by atoms with E-state index in [2.05, 4.69) is 0 Å². The smallest absolute Gasteiger partial charge is 0.396 e. The lowest BCUT2D eigenvalue weighted by atomic mass is 9.91. The summed E-state index contributed by atoms with van der Waals surface area (Å²) in [5, 5.41) is 8.55. The van der Waals surface area contributed by atoms with Crippen molar-refractivity contribution in [1.29, 1.82) is 0 Å². The van der Waals surface area contributed by atoms with E-state index in [-0.39, 0.29) is 25.6 Å². The summed E-state index contributed by atoms with van der Waals surface area (Å²) in [6.07, 6.45) is -2.48. The predicted molar refractivity (Wildman–Crippen MR) is 47.1 cm³/mol. The van der Waals surface area contributed by atoms with E-state index in [1.807, 2.05) is 0 Å². The highest BCUT2D eigenvalue weighted by atomic mass is 19.4. The molecule has 1 amide bonds. The third-order valence-corrected chi connectivity index (χ3v) is 2.58. The van der Waals surface area contributed by atoms with Crippen molar-refractivity contribution in [2.75, 3.05) is 13.2 Å². The second-order valence-corrected chi connectivity index (χ2v) is 3.66. The molecule has 1 N–H and O–H groups in total. The van der Waals surface area contributed by atoms with E-state index in [1.165, 1.54) is 0 Å². The summed E-state index contributed by atoms with van der Waals surface area (Å²) in [7, 11) is 0. The van der Waals surface area contributed by atoms with E-state index in [4.69, 9.17) is 5.11 Å². The van der Waals surface area contributed by atoms with Crippen molar-refractivity contribution in [2.24, 2.45) is 0 Å². The number of alkyl halides is 3. The molecule has 88 valence electrons. The number of nitrogens with zero attached hydrogens (tertiary/aromatic N) is 1. The Hall–Kier alpha value is -0.780. The van der Waals surface area contributed by atoms with Crippen LogP contribution in [0, 0.1) is 0 Å². The van der Waals surface area contributed by atoms with E-state index in [0.717, 1.165) is 11.3 Å². The van der Waals surface area contributed by atoms with Crippen molar-refractivity contribution in [3.63, 3.8) is 0 Å². The lowest BCUT2D eigenvalue weighted by Gasteiger charge is -2.37. The Morgan fingerprint density at radius 3 is 2.33 bits per heavy atom. The molecule has 1 saturated carbocycles. The van der Waals surface area contributed by atoms with Gasteiger partial charge in [0, 0.05) is 19.2 Å². The van der Waals surface area contributed by atoms with Crippen LogP contribution in [0.2, 0.25) is 0 Å². The van der Waals surface area contributed by atoms with Crippen LogP contribution in [-0.2, 0) is 4.79 Å². The molecule has 1 aliphatic rings. The number of carbonyl (C=O) groups is 1. The summed E-state index contributed by atoms with van der Waals surface area (Å²) in [6, 6.07) is -0.286. The maximum atomic E-state index is 12.2. The maximum absolute atomic E-state index is 12.2. The molecule has 0 unspecified atom stereocenters. The van der Waals surface area contributed by atoms with Crippen molar-refractivity contribution in [3.8, 4) is 0 Å². The van der Waals surface area contributed by atoms with Gasteiger partial charge in [0.25, 0.3) is 0 Å². The number of halogens is 3. The van der Waals surface area contributed by atoms with Crippen LogP contribution in [0.3, 0.4) is 0 Å². The Bertz CT molecular complexity index is 226. The normalized spacial score (nSPS) is 17.3. The molecular formula is C9H14F3NO2. The molecule has 3 nitrogen and oxygen atoms in total. The van der Waals surface area contributed by atoms with E-state index < -0.39 is 12.1 Å². The molecule has 0 aliphatic heterocycles. The molecule has 1 aliphatic carbocycles. The summed E-state index contributed by atoms with van der Waals surface area (Å²) >= 11 is 0. The van der Waals surface area contributed by atoms with Crippen molar-refractivity contribution in [2.45, 2.75) is 37.9 Å². The molecular weight excluding hydrogens is 211 g/mol. The number of rotatable bonds is 4. The summed E-state index contributed by atoms with van der Waals surface area (Å²) in [4.78, 5) is 11.9. The van der Waals surface area contributed by atoms with Gasteiger partial charge >= 0.3 is 12.1 Å². The van der Waals surface area contributed by atoms with Gasteiger partial charge in [-0.2, -0.15) is 13.2 Å². The zero-order valence-corrected chi connectivity index (χ0v) is 8.26. The standard InChI is InChI=1S/C9H14F3NO2/c10-9(11,12)8(15)13(5-2-6-14)7-3-1-4-7/h7,14H,1-6H2. The molecule has 0 spiro atoms. The fourth-order valence-electron chi connectivity index (χ4n) is 1.55. The van der Waals surface area contributed by atoms with Crippen LogP contribution in [0.1, 0.15) is 25.7 Å². The Morgan fingerprint density at radius 2 is 2.00 bits per heavy atom. The van der Waals surface area contributed by atoms with Crippen LogP contribution in [0.5, 0.6) is 0 Å². The molecule has 0 aromatic heterocycles. The van der Waals surface area contributed by atoms with E-state index in [9.17, 15) is 18.0 Å². The minimum absolute atomic E-state index is 0.0144. The Morgan fingerprint density at radius 1 is 1.40 bits per heavy atom. The molecule has 0 aromatic carbocycles. The maximum Gasteiger partial charge on any atom is 0.471 e. The van der Waals surface area contributed by atoms with E-state index in [1.54, 1.807) is 0 Å². The molecule has 0 bridgehead atoms. The number of hydrogen-bond donors (Lipinski definition) is 1. The van der Waals surface area contributed by atoms with Gasteiger partial charge in [0.15, 0.2) is 0 Å². The Kier molecular flexibility index (Phi) is 3.96. The molecule has 1 fully saturated rings. The van der Waals surface area contributed by atoms with Crippen LogP contribution in [-0.4, -0.2) is 41.3 Å². The van der Waals surface area contributed by atoms with Crippen LogP contribution in [0.15, 0.2) is 0 Å². The minimum atomic E-state index is -4.80. The molecule has 1 rings (SSSR count). The first kappa shape index (κ1) is 12.3. The zero-order chi connectivity index (χ0) is 11.5. The van der Waals surface area contributed by atoms with Crippen molar-refractivity contribution < 1.29 is 23.1 Å². The number of aliphatic hydroxyl groups is 1. The van der Waals surface area contributed by atoms with Gasteiger partial charge in [-0.25, -0.2) is 0 Å². The quantitative estimate of drug-likeness (QED) is 0.783. The Labute approximate surface area is 85.9 Å². The number of hydrogen-bond acceptors (Lipinski definition) is 2. The predicted octanol–water partition coefficient (Wildman–Crippen LogP) is 1.31. The molecule has 0 aromatic rings. The first-order chi connectivity index (χ1) is 6.96. The lowest BCUT2D eigenvalue weighted by molar-refractivity contribution is -0.189. The van der Waals surface area contributed by atoms with Gasteiger partial charge in [-0.1, -0.05) is 0 Å². The second kappa shape index (κ2) is 4.83. The third kappa shape index (κ3) is 3.09. The molecule has 0 heterocycles. The SMILES string of the molecule is O=C(N(CCCO)C1CCC1)C(F)(F)F. The molecule has 0 atom stereocenters. The molecule has 15 heavy (non-hydrogen) atoms. The monoisotopic (exact) mass is 225 g/mol. The summed E-state index contributed by atoms with van der Waals surface area (Å²) in [5.74, 6) is -1.78. The largest absolute Gasteiger partial charge is 0.471 e. The fraction of sp³-hybridized carbons (Fsp3) is 0.889. The van der Waals surface area contributed by atoms with Gasteiger partial charge in [0.2, 0.25) is 0 Å². The topological polar surface area (TPSA) is 40.5 Å². The van der Waals surface area contributed by atoms with Gasteiger partial charge in [0.05, 0.1) is 0 Å². The van der Waals surface area contributed by atoms with Crippen LogP contribution in [0.25, 0.3) is 0 Å². The molecule has 0 radical (unpaired) electrons. The van der Waals surface area contributed by atoms with Crippen LogP contribution >= 0.6 is 0 Å². The fourth-order valence-corrected chi connectivity index (χ4v) is 1.55. The van der Waals surface area contributed by atoms with Gasteiger partial charge in [-0.15, -0.1) is 0 Å². The first-order valence-corrected chi connectivity index (χ1v) is 4.95. The highest BCUT2D eigenvalue weighted by Gasteiger charge is 2.45. The van der Waals surface area contributed by atoms with E-state index in [0.29, 0.717) is 12.8 Å². The molecule has 6 heteroatoms. The Balaban J connectivity index is 2.58. The van der Waals surface area contributed by atoms with Gasteiger partial charge in [0.1, 0.15) is 0 Å². The van der Waals surface area contributed by atoms with Crippen molar-refractivity contribution in [1.82, 2.24) is 4.90 Å². The summed E-state index contributed by atoms with van der Waals surface area (Å²) < 4.78 is 36.6. The molecule has 0 saturated heterocycles. The second-order valence-electron chi connectivity index (χ2n) is 3.66. The first-order valence-electron chi connectivity index (χ1n) is 4.95. The summed E-state index contributed by atoms with van der Waals surface area (Å²) in [6.45, 7) is -0.214. The van der Waals surface area contributed by atoms with Crippen LogP contribution in [0.4, 0.5) is 13.2 Å². The number of aliphatic hydroxyl groups excluding tert-OH is 1. The van der Waals surface area contributed by atoms with Gasteiger partial charge in [-0.3, -0.25) is 4.79 Å². The number of amides is 1. The highest BCUT2D eigenvalue weighted by molar-refractivity contribution is 5.82. The zero-order valence-electron chi connectivity index (χ0n) is 8.26. The van der Waals surface area contributed by atoms with Crippen molar-refractivity contribution >= 4 is 5.91 Å². The van der Waals surface area contributed by atoms with Gasteiger partial charge in [-0.05, 0) is 25.7 Å². The number of carbonyl (C=O) groups excluding carboxylic acids is 1. The lowest BCUT2D eigenvalue weighted by Crippen LogP contribution is -2.50. The average molecular weight is 225 g/mol. The minimum Gasteiger partial charge on any atom is -0.396 e. The summed E-state index contributed by atoms with van der Waals surface area (Å²) in [5.41, 5.74) is 0.